The quantitative estimate of drug-likeness (QED) is 0.837. The van der Waals surface area contributed by atoms with E-state index in [1.807, 2.05) is 12.1 Å². The van der Waals surface area contributed by atoms with Crippen LogP contribution in [0, 0.1) is 11.3 Å². The minimum Gasteiger partial charge on any atom is -0.489 e. The van der Waals surface area contributed by atoms with Crippen LogP contribution in [0.25, 0.3) is 0 Å². The van der Waals surface area contributed by atoms with Gasteiger partial charge in [0.15, 0.2) is 0 Å². The lowest BCUT2D eigenvalue weighted by Gasteiger charge is -2.38. The van der Waals surface area contributed by atoms with Crippen LogP contribution in [0.5, 0.6) is 5.75 Å². The van der Waals surface area contributed by atoms with Crippen LogP contribution in [0.3, 0.4) is 0 Å². The van der Waals surface area contributed by atoms with Gasteiger partial charge in [0.25, 0.3) is 0 Å². The van der Waals surface area contributed by atoms with Crippen molar-refractivity contribution in [2.24, 2.45) is 11.3 Å². The first-order chi connectivity index (χ1) is 10.8. The smallest absolute Gasteiger partial charge is 0.137 e. The Balaban J connectivity index is 1.24. The molecular weight excluding hydrogens is 276 g/mol. The molecule has 0 unspecified atom stereocenters. The third-order valence-corrected chi connectivity index (χ3v) is 5.49. The van der Waals surface area contributed by atoms with Crippen molar-refractivity contribution in [3.63, 3.8) is 0 Å². The molecule has 4 rings (SSSR count). The maximum absolute atomic E-state index is 6.03. The number of hydrogen-bond acceptors (Lipinski definition) is 4. The number of likely N-dealkylation sites (tertiary alicyclic amines) is 1. The summed E-state index contributed by atoms with van der Waals surface area (Å²) in [6.07, 6.45) is 10.4. The highest BCUT2D eigenvalue weighted by atomic mass is 16.5. The molecule has 1 aliphatic carbocycles. The summed E-state index contributed by atoms with van der Waals surface area (Å²) >= 11 is 0. The standard InChI is InChI=1S/C18H26N2O2/c1-2-16(11-19-7-1)21-13-17-10-18(14-22-17)5-8-20(9-6-18)12-15-3-4-15/h1-2,7,11,15,17H,3-6,8-10,12-14H2/t17-/m0/s1. The normalized spacial score (nSPS) is 28.1. The lowest BCUT2D eigenvalue weighted by Crippen LogP contribution is -2.41. The summed E-state index contributed by atoms with van der Waals surface area (Å²) in [5.41, 5.74) is 0.420. The molecule has 2 aliphatic heterocycles. The molecule has 0 N–H and O–H groups in total. The highest BCUT2D eigenvalue weighted by molar-refractivity contribution is 5.15. The molecule has 1 atom stereocenters. The number of rotatable bonds is 5. The van der Waals surface area contributed by atoms with E-state index in [4.69, 9.17) is 9.47 Å². The zero-order chi connectivity index (χ0) is 14.8. The molecule has 3 heterocycles. The molecular formula is C18H26N2O2. The molecule has 4 heteroatoms. The number of hydrogen-bond donors (Lipinski definition) is 0. The lowest BCUT2D eigenvalue weighted by atomic mass is 9.76. The first-order valence-electron chi connectivity index (χ1n) is 8.68. The summed E-state index contributed by atoms with van der Waals surface area (Å²) in [5, 5.41) is 0. The number of pyridine rings is 1. The van der Waals surface area contributed by atoms with E-state index in [1.54, 1.807) is 12.4 Å². The summed E-state index contributed by atoms with van der Waals surface area (Å²) in [4.78, 5) is 6.75. The molecule has 3 aliphatic rings. The van der Waals surface area contributed by atoms with Crippen molar-refractivity contribution in [1.29, 1.82) is 0 Å². The van der Waals surface area contributed by atoms with Crippen LogP contribution in [0.4, 0.5) is 0 Å². The van der Waals surface area contributed by atoms with Gasteiger partial charge < -0.3 is 14.4 Å². The molecule has 22 heavy (non-hydrogen) atoms. The first-order valence-corrected chi connectivity index (χ1v) is 8.68. The first kappa shape index (κ1) is 14.5. The van der Waals surface area contributed by atoms with Gasteiger partial charge in [0.1, 0.15) is 12.4 Å². The van der Waals surface area contributed by atoms with Crippen LogP contribution >= 0.6 is 0 Å². The molecule has 2 saturated heterocycles. The van der Waals surface area contributed by atoms with Gasteiger partial charge in [0.05, 0.1) is 18.9 Å². The maximum atomic E-state index is 6.03. The predicted molar refractivity (Wildman–Crippen MR) is 84.9 cm³/mol. The maximum Gasteiger partial charge on any atom is 0.137 e. The van der Waals surface area contributed by atoms with Crippen molar-refractivity contribution in [2.75, 3.05) is 32.8 Å². The highest BCUT2D eigenvalue weighted by Gasteiger charge is 2.43. The van der Waals surface area contributed by atoms with Crippen molar-refractivity contribution in [1.82, 2.24) is 9.88 Å². The molecule has 4 nitrogen and oxygen atoms in total. The van der Waals surface area contributed by atoms with E-state index in [0.29, 0.717) is 12.0 Å². The zero-order valence-electron chi connectivity index (χ0n) is 13.2. The Bertz CT molecular complexity index is 481. The van der Waals surface area contributed by atoms with E-state index >= 15 is 0 Å². The number of piperidine rings is 1. The fraction of sp³-hybridized carbons (Fsp3) is 0.722. The minimum absolute atomic E-state index is 0.246. The topological polar surface area (TPSA) is 34.6 Å². The molecule has 3 fully saturated rings. The summed E-state index contributed by atoms with van der Waals surface area (Å²) < 4.78 is 11.8. The molecule has 1 spiro atoms. The summed E-state index contributed by atoms with van der Waals surface area (Å²) in [6, 6.07) is 3.86. The zero-order valence-corrected chi connectivity index (χ0v) is 13.2. The largest absolute Gasteiger partial charge is 0.489 e. The molecule has 120 valence electrons. The van der Waals surface area contributed by atoms with Crippen molar-refractivity contribution in [2.45, 2.75) is 38.2 Å². The number of ether oxygens (including phenoxy) is 2. The summed E-state index contributed by atoms with van der Waals surface area (Å²) in [7, 11) is 0. The van der Waals surface area contributed by atoms with E-state index < -0.39 is 0 Å². The second-order valence-corrected chi connectivity index (χ2v) is 7.38. The Kier molecular flexibility index (Phi) is 4.05. The van der Waals surface area contributed by atoms with Gasteiger partial charge in [-0.1, -0.05) is 0 Å². The molecule has 1 saturated carbocycles. The molecule has 0 amide bonds. The highest BCUT2D eigenvalue weighted by Crippen LogP contribution is 2.42. The Labute approximate surface area is 132 Å². The van der Waals surface area contributed by atoms with E-state index in [9.17, 15) is 0 Å². The minimum atomic E-state index is 0.246. The number of nitrogens with zero attached hydrogens (tertiary/aromatic N) is 2. The van der Waals surface area contributed by atoms with Crippen LogP contribution in [-0.2, 0) is 4.74 Å². The SMILES string of the molecule is c1cncc(OC[C@@H]2CC3(CCN(CC4CC4)CC3)CO2)c1. The van der Waals surface area contributed by atoms with Gasteiger partial charge in [0.2, 0.25) is 0 Å². The van der Waals surface area contributed by atoms with Crippen molar-refractivity contribution < 1.29 is 9.47 Å². The molecule has 0 radical (unpaired) electrons. The lowest BCUT2D eigenvalue weighted by molar-refractivity contribution is 0.0474. The molecule has 1 aromatic rings. The van der Waals surface area contributed by atoms with Crippen molar-refractivity contribution >= 4 is 0 Å². The average Bonchev–Trinajstić information content (AvgIpc) is 3.29. The monoisotopic (exact) mass is 302 g/mol. The Morgan fingerprint density at radius 2 is 2.18 bits per heavy atom. The van der Waals surface area contributed by atoms with Gasteiger partial charge in [-0.25, -0.2) is 0 Å². The number of aromatic nitrogens is 1. The van der Waals surface area contributed by atoms with Gasteiger partial charge in [-0.15, -0.1) is 0 Å². The second kappa shape index (κ2) is 6.17. The van der Waals surface area contributed by atoms with E-state index in [2.05, 4.69) is 9.88 Å². The Morgan fingerprint density at radius 1 is 1.32 bits per heavy atom. The van der Waals surface area contributed by atoms with Crippen LogP contribution < -0.4 is 4.74 Å². The fourth-order valence-corrected chi connectivity index (χ4v) is 3.85. The van der Waals surface area contributed by atoms with Crippen molar-refractivity contribution in [3.8, 4) is 5.75 Å². The third-order valence-electron chi connectivity index (χ3n) is 5.49. The van der Waals surface area contributed by atoms with E-state index in [-0.39, 0.29) is 6.10 Å². The van der Waals surface area contributed by atoms with E-state index in [1.165, 1.54) is 45.3 Å². The Morgan fingerprint density at radius 3 is 2.91 bits per heavy atom. The van der Waals surface area contributed by atoms with Gasteiger partial charge in [-0.3, -0.25) is 4.98 Å². The summed E-state index contributed by atoms with van der Waals surface area (Å²) in [6.45, 7) is 5.43. The second-order valence-electron chi connectivity index (χ2n) is 7.38. The summed E-state index contributed by atoms with van der Waals surface area (Å²) in [5.74, 6) is 1.85. The van der Waals surface area contributed by atoms with Crippen LogP contribution in [-0.4, -0.2) is 48.8 Å². The Hall–Kier alpha value is -1.13. The molecule has 0 aromatic carbocycles. The van der Waals surface area contributed by atoms with Crippen molar-refractivity contribution in [3.05, 3.63) is 24.5 Å². The van der Waals surface area contributed by atoms with Crippen LogP contribution in [0.2, 0.25) is 0 Å². The van der Waals surface area contributed by atoms with Gasteiger partial charge in [-0.2, -0.15) is 0 Å². The predicted octanol–water partition coefficient (Wildman–Crippen LogP) is 2.74. The van der Waals surface area contributed by atoms with Gasteiger partial charge in [-0.05, 0) is 68.7 Å². The fourth-order valence-electron chi connectivity index (χ4n) is 3.85. The van der Waals surface area contributed by atoms with Crippen LogP contribution in [0.15, 0.2) is 24.5 Å². The molecule has 1 aromatic heterocycles. The van der Waals surface area contributed by atoms with E-state index in [0.717, 1.165) is 24.7 Å². The van der Waals surface area contributed by atoms with Gasteiger partial charge in [0, 0.05) is 12.7 Å². The average molecular weight is 302 g/mol. The van der Waals surface area contributed by atoms with Crippen LogP contribution in [0.1, 0.15) is 32.1 Å². The molecule has 0 bridgehead atoms. The van der Waals surface area contributed by atoms with Gasteiger partial charge >= 0.3 is 0 Å². The third kappa shape index (κ3) is 3.44.